The Bertz CT molecular complexity index is 918. The van der Waals surface area contributed by atoms with Crippen molar-refractivity contribution < 1.29 is 4.79 Å². The van der Waals surface area contributed by atoms with Crippen molar-refractivity contribution in [2.75, 3.05) is 5.32 Å². The van der Waals surface area contributed by atoms with Crippen LogP contribution in [0.4, 0.5) is 5.69 Å². The molecule has 1 aromatic heterocycles. The van der Waals surface area contributed by atoms with Crippen LogP contribution in [0.2, 0.25) is 5.02 Å². The normalized spacial score (nSPS) is 11.0. The van der Waals surface area contributed by atoms with Gasteiger partial charge in [-0.1, -0.05) is 49.7 Å². The smallest absolute Gasteiger partial charge is 0.248 e. The highest BCUT2D eigenvalue weighted by Gasteiger charge is 2.11. The maximum Gasteiger partial charge on any atom is 0.248 e. The molecule has 0 saturated carbocycles. The van der Waals surface area contributed by atoms with E-state index < -0.39 is 0 Å². The summed E-state index contributed by atoms with van der Waals surface area (Å²) >= 11 is 5.93. The number of halogens is 1. The minimum absolute atomic E-state index is 0.0147. The molecule has 26 heavy (non-hydrogen) atoms. The van der Waals surface area contributed by atoms with Crippen molar-refractivity contribution in [1.29, 1.82) is 0 Å². The lowest BCUT2D eigenvalue weighted by atomic mass is 10.0. The number of hydrogen-bond acceptors (Lipinski definition) is 4. The summed E-state index contributed by atoms with van der Waals surface area (Å²) in [5, 5.41) is 15.7. The maximum atomic E-state index is 12.2. The number of rotatable bonds is 5. The average Bonchev–Trinajstić information content (AvgIpc) is 3.06. The van der Waals surface area contributed by atoms with E-state index >= 15 is 0 Å². The lowest BCUT2D eigenvalue weighted by Crippen LogP contribution is -2.20. The highest BCUT2D eigenvalue weighted by atomic mass is 35.5. The number of nitrogens with zero attached hydrogens (tertiary/aromatic N) is 4. The first-order chi connectivity index (χ1) is 12.4. The van der Waals surface area contributed by atoms with Crippen molar-refractivity contribution in [2.24, 2.45) is 0 Å². The molecule has 1 heterocycles. The molecule has 3 aromatic rings. The number of benzene rings is 2. The van der Waals surface area contributed by atoms with E-state index in [1.54, 1.807) is 18.2 Å². The minimum atomic E-state index is -0.227. The maximum absolute atomic E-state index is 12.2. The molecule has 0 aliphatic rings. The molecule has 2 aromatic carbocycles. The summed E-state index contributed by atoms with van der Waals surface area (Å²) in [7, 11) is 0. The van der Waals surface area contributed by atoms with Gasteiger partial charge >= 0.3 is 0 Å². The second-order valence-corrected chi connectivity index (χ2v) is 6.86. The molecule has 3 rings (SSSR count). The van der Waals surface area contributed by atoms with E-state index in [-0.39, 0.29) is 12.5 Å². The van der Waals surface area contributed by atoms with Crippen LogP contribution in [0.1, 0.15) is 30.9 Å². The fourth-order valence-corrected chi connectivity index (χ4v) is 2.76. The number of aromatic nitrogens is 4. The summed E-state index contributed by atoms with van der Waals surface area (Å²) in [6, 6.07) is 13.3. The first kappa shape index (κ1) is 18.1. The molecule has 0 spiro atoms. The largest absolute Gasteiger partial charge is 0.324 e. The third kappa shape index (κ3) is 4.26. The van der Waals surface area contributed by atoms with Crippen LogP contribution < -0.4 is 5.32 Å². The van der Waals surface area contributed by atoms with Crippen molar-refractivity contribution in [3.05, 3.63) is 58.6 Å². The number of carbonyl (C=O) groups is 1. The van der Waals surface area contributed by atoms with Crippen molar-refractivity contribution in [1.82, 2.24) is 20.2 Å². The summed E-state index contributed by atoms with van der Waals surface area (Å²) in [5.74, 6) is 0.734. The van der Waals surface area contributed by atoms with Crippen LogP contribution in [-0.2, 0) is 11.3 Å². The average molecular weight is 370 g/mol. The zero-order valence-electron chi connectivity index (χ0n) is 14.9. The molecular weight excluding hydrogens is 350 g/mol. The molecule has 1 N–H and O–H groups in total. The van der Waals surface area contributed by atoms with E-state index in [1.165, 1.54) is 10.4 Å². The summed E-state index contributed by atoms with van der Waals surface area (Å²) in [6.07, 6.45) is 0. The van der Waals surface area contributed by atoms with Crippen molar-refractivity contribution in [3.63, 3.8) is 0 Å². The molecule has 6 nitrogen and oxygen atoms in total. The molecule has 0 fully saturated rings. The number of carbonyl (C=O) groups excluding carboxylic acids is 1. The van der Waals surface area contributed by atoms with Gasteiger partial charge in [0, 0.05) is 16.3 Å². The molecule has 0 aliphatic heterocycles. The first-order valence-electron chi connectivity index (χ1n) is 8.36. The minimum Gasteiger partial charge on any atom is -0.324 e. The van der Waals surface area contributed by atoms with E-state index in [4.69, 9.17) is 11.6 Å². The zero-order chi connectivity index (χ0) is 18.7. The summed E-state index contributed by atoms with van der Waals surface area (Å²) in [6.45, 7) is 6.16. The number of nitrogens with one attached hydrogen (secondary N) is 1. The van der Waals surface area contributed by atoms with Gasteiger partial charge in [0.05, 0.1) is 0 Å². The van der Waals surface area contributed by atoms with E-state index in [0.717, 1.165) is 11.1 Å². The Morgan fingerprint density at radius 2 is 1.92 bits per heavy atom. The topological polar surface area (TPSA) is 72.7 Å². The molecule has 0 unspecified atom stereocenters. The summed E-state index contributed by atoms with van der Waals surface area (Å²) in [4.78, 5) is 13.5. The van der Waals surface area contributed by atoms with Gasteiger partial charge in [0.1, 0.15) is 6.54 Å². The summed E-state index contributed by atoms with van der Waals surface area (Å²) in [5.41, 5.74) is 3.72. The predicted molar refractivity (Wildman–Crippen MR) is 102 cm³/mol. The van der Waals surface area contributed by atoms with Crippen LogP contribution in [0.5, 0.6) is 0 Å². The molecule has 0 saturated heterocycles. The van der Waals surface area contributed by atoms with Gasteiger partial charge < -0.3 is 5.32 Å². The number of amides is 1. The SMILES string of the molecule is Cc1cc(Cl)ccc1NC(=O)Cn1nnc(-c2ccc(C(C)C)cc2)n1. The number of anilines is 1. The van der Waals surface area contributed by atoms with Crippen LogP contribution in [0, 0.1) is 6.92 Å². The van der Waals surface area contributed by atoms with E-state index in [1.807, 2.05) is 19.1 Å². The lowest BCUT2D eigenvalue weighted by molar-refractivity contribution is -0.117. The standard InChI is InChI=1S/C19H20ClN5O/c1-12(2)14-4-6-15(7-5-14)19-22-24-25(23-19)11-18(26)21-17-9-8-16(20)10-13(17)3/h4-10,12H,11H2,1-3H3,(H,21,26). The molecular formula is C19H20ClN5O. The predicted octanol–water partition coefficient (Wildman–Crippen LogP) is 4.06. The number of hydrogen-bond donors (Lipinski definition) is 1. The Morgan fingerprint density at radius 3 is 2.58 bits per heavy atom. The van der Waals surface area contributed by atoms with Gasteiger partial charge in [0.2, 0.25) is 11.7 Å². The molecule has 7 heteroatoms. The number of tetrazole rings is 1. The molecule has 0 aliphatic carbocycles. The van der Waals surface area contributed by atoms with Crippen LogP contribution in [0.15, 0.2) is 42.5 Å². The zero-order valence-corrected chi connectivity index (χ0v) is 15.7. The monoisotopic (exact) mass is 369 g/mol. The Morgan fingerprint density at radius 1 is 1.19 bits per heavy atom. The molecule has 0 atom stereocenters. The fraction of sp³-hybridized carbons (Fsp3) is 0.263. The second-order valence-electron chi connectivity index (χ2n) is 6.43. The van der Waals surface area contributed by atoms with Gasteiger partial charge in [-0.05, 0) is 47.4 Å². The highest BCUT2D eigenvalue weighted by Crippen LogP contribution is 2.20. The Hall–Kier alpha value is -2.73. The highest BCUT2D eigenvalue weighted by molar-refractivity contribution is 6.30. The van der Waals surface area contributed by atoms with E-state index in [0.29, 0.717) is 22.5 Å². The van der Waals surface area contributed by atoms with Gasteiger partial charge in [0.25, 0.3) is 0 Å². The van der Waals surface area contributed by atoms with Gasteiger partial charge in [-0.15, -0.1) is 10.2 Å². The molecule has 0 radical (unpaired) electrons. The Balaban J connectivity index is 1.67. The molecule has 0 bridgehead atoms. The molecule has 134 valence electrons. The van der Waals surface area contributed by atoms with Crippen LogP contribution in [-0.4, -0.2) is 26.1 Å². The Labute approximate surface area is 157 Å². The quantitative estimate of drug-likeness (QED) is 0.735. The van der Waals surface area contributed by atoms with Crippen LogP contribution in [0.3, 0.4) is 0 Å². The van der Waals surface area contributed by atoms with Crippen molar-refractivity contribution in [3.8, 4) is 11.4 Å². The van der Waals surface area contributed by atoms with Crippen molar-refractivity contribution in [2.45, 2.75) is 33.2 Å². The fourth-order valence-electron chi connectivity index (χ4n) is 2.53. The van der Waals surface area contributed by atoms with Gasteiger partial charge in [-0.3, -0.25) is 4.79 Å². The Kier molecular flexibility index (Phi) is 5.32. The van der Waals surface area contributed by atoms with Gasteiger partial charge in [-0.2, -0.15) is 4.80 Å². The third-order valence-corrected chi connectivity index (χ3v) is 4.27. The lowest BCUT2D eigenvalue weighted by Gasteiger charge is -2.08. The summed E-state index contributed by atoms with van der Waals surface area (Å²) < 4.78 is 0. The molecule has 1 amide bonds. The van der Waals surface area contributed by atoms with Gasteiger partial charge in [-0.25, -0.2) is 0 Å². The first-order valence-corrected chi connectivity index (χ1v) is 8.74. The van der Waals surface area contributed by atoms with Crippen LogP contribution in [0.25, 0.3) is 11.4 Å². The third-order valence-electron chi connectivity index (χ3n) is 4.04. The van der Waals surface area contributed by atoms with E-state index in [2.05, 4.69) is 46.7 Å². The van der Waals surface area contributed by atoms with Gasteiger partial charge in [0.15, 0.2) is 0 Å². The number of aryl methyl sites for hydroxylation is 1. The van der Waals surface area contributed by atoms with Crippen LogP contribution >= 0.6 is 11.6 Å². The van der Waals surface area contributed by atoms with Crippen molar-refractivity contribution >= 4 is 23.2 Å². The second kappa shape index (κ2) is 7.66. The van der Waals surface area contributed by atoms with E-state index in [9.17, 15) is 4.79 Å².